The fourth-order valence-corrected chi connectivity index (χ4v) is 3.76. The van der Waals surface area contributed by atoms with Crippen LogP contribution in [0.15, 0.2) is 83.9 Å². The molecule has 0 saturated carbocycles. The van der Waals surface area contributed by atoms with E-state index in [1.807, 2.05) is 48.5 Å². The molecule has 0 radical (unpaired) electrons. The second kappa shape index (κ2) is 6.09. The number of benzene rings is 3. The summed E-state index contributed by atoms with van der Waals surface area (Å²) in [6.07, 6.45) is 0. The van der Waals surface area contributed by atoms with Crippen molar-refractivity contribution >= 4 is 35.0 Å². The minimum atomic E-state index is -1.67. The van der Waals surface area contributed by atoms with Gasteiger partial charge in [-0.1, -0.05) is 60.1 Å². The molecule has 2 N–H and O–H groups in total. The summed E-state index contributed by atoms with van der Waals surface area (Å²) in [6.45, 7) is 0. The van der Waals surface area contributed by atoms with Crippen LogP contribution in [-0.2, 0) is 5.72 Å². The van der Waals surface area contributed by atoms with Crippen molar-refractivity contribution in [2.75, 3.05) is 4.90 Å². The Labute approximate surface area is 166 Å². The van der Waals surface area contributed by atoms with Gasteiger partial charge in [0.15, 0.2) is 0 Å². The molecule has 1 fully saturated rings. The highest BCUT2D eigenvalue weighted by molar-refractivity contribution is 6.30. The van der Waals surface area contributed by atoms with Crippen molar-refractivity contribution in [1.82, 2.24) is 10.4 Å². The molecular weight excluding hydrogens is 376 g/mol. The van der Waals surface area contributed by atoms with E-state index in [-0.39, 0.29) is 5.96 Å². The Bertz CT molecular complexity index is 1100. The van der Waals surface area contributed by atoms with Crippen LogP contribution >= 0.6 is 11.6 Å². The van der Waals surface area contributed by atoms with Gasteiger partial charge in [-0.05, 0) is 30.3 Å². The summed E-state index contributed by atoms with van der Waals surface area (Å²) in [5.74, 6) is 0.289. The van der Waals surface area contributed by atoms with Crippen molar-refractivity contribution in [2.24, 2.45) is 4.99 Å². The fraction of sp³-hybridized carbons (Fsp3) is 0.0476. The van der Waals surface area contributed by atoms with E-state index in [4.69, 9.17) is 11.6 Å². The van der Waals surface area contributed by atoms with Crippen LogP contribution in [0.5, 0.6) is 0 Å². The van der Waals surface area contributed by atoms with E-state index in [2.05, 4.69) is 10.4 Å². The Hall–Kier alpha value is -3.35. The van der Waals surface area contributed by atoms with Crippen LogP contribution in [-0.4, -0.2) is 22.1 Å². The molecule has 7 heteroatoms. The molecule has 5 rings (SSSR count). The van der Waals surface area contributed by atoms with E-state index in [1.165, 1.54) is 9.91 Å². The van der Waals surface area contributed by atoms with Crippen LogP contribution in [0.1, 0.15) is 11.1 Å². The second-order valence-corrected chi connectivity index (χ2v) is 6.97. The minimum absolute atomic E-state index is 0.289. The van der Waals surface area contributed by atoms with Gasteiger partial charge in [-0.3, -0.25) is 0 Å². The quantitative estimate of drug-likeness (QED) is 0.695. The van der Waals surface area contributed by atoms with Crippen molar-refractivity contribution < 1.29 is 9.90 Å². The van der Waals surface area contributed by atoms with Gasteiger partial charge in [0, 0.05) is 16.1 Å². The third-order valence-electron chi connectivity index (χ3n) is 4.88. The maximum Gasteiger partial charge on any atom is 0.347 e. The van der Waals surface area contributed by atoms with E-state index in [0.717, 1.165) is 0 Å². The molecule has 28 heavy (non-hydrogen) atoms. The minimum Gasteiger partial charge on any atom is -0.362 e. The number of halogens is 1. The molecule has 2 heterocycles. The maximum absolute atomic E-state index is 12.8. The zero-order chi connectivity index (χ0) is 19.3. The van der Waals surface area contributed by atoms with Gasteiger partial charge in [0.05, 0.1) is 11.4 Å². The van der Waals surface area contributed by atoms with Crippen molar-refractivity contribution in [3.05, 3.63) is 95.0 Å². The van der Waals surface area contributed by atoms with Crippen molar-refractivity contribution in [3.8, 4) is 0 Å². The number of para-hydroxylation sites is 1. The summed E-state index contributed by atoms with van der Waals surface area (Å²) in [5.41, 5.74) is 3.35. The number of nitrogens with one attached hydrogen (secondary N) is 1. The number of hydrogen-bond acceptors (Lipinski definition) is 4. The molecule has 1 unspecified atom stereocenters. The highest BCUT2D eigenvalue weighted by Gasteiger charge is 2.52. The first-order valence-corrected chi connectivity index (χ1v) is 9.09. The Balaban J connectivity index is 1.76. The largest absolute Gasteiger partial charge is 0.362 e. The van der Waals surface area contributed by atoms with Crippen LogP contribution in [0.25, 0.3) is 0 Å². The summed E-state index contributed by atoms with van der Waals surface area (Å²) < 4.78 is 0. The average molecular weight is 391 g/mol. The first kappa shape index (κ1) is 16.8. The lowest BCUT2D eigenvalue weighted by molar-refractivity contribution is -0.0533. The van der Waals surface area contributed by atoms with E-state index >= 15 is 0 Å². The first-order chi connectivity index (χ1) is 13.6. The number of fused-ring (bicyclic) bond motifs is 2. The van der Waals surface area contributed by atoms with E-state index in [0.29, 0.717) is 27.5 Å². The van der Waals surface area contributed by atoms with Gasteiger partial charge in [-0.25, -0.2) is 25.1 Å². The number of carbonyl (C=O) groups excluding carboxylic acids is 1. The molecular formula is C21H15ClN4O2. The number of hydrazine groups is 1. The number of anilines is 1. The number of urea groups is 1. The highest BCUT2D eigenvalue weighted by Crippen LogP contribution is 2.44. The third-order valence-corrected chi connectivity index (χ3v) is 5.11. The lowest BCUT2D eigenvalue weighted by atomic mass is 9.91. The molecule has 6 nitrogen and oxygen atoms in total. The number of hydrogen-bond donors (Lipinski definition) is 2. The zero-order valence-corrected chi connectivity index (χ0v) is 15.3. The molecule has 3 aromatic rings. The summed E-state index contributed by atoms with van der Waals surface area (Å²) in [5, 5.41) is 13.8. The highest BCUT2D eigenvalue weighted by atomic mass is 35.5. The molecule has 0 bridgehead atoms. The Morgan fingerprint density at radius 1 is 0.964 bits per heavy atom. The molecule has 2 aliphatic rings. The van der Waals surface area contributed by atoms with Crippen LogP contribution in [0.4, 0.5) is 16.2 Å². The number of aliphatic imine (C=N–C) groups is 1. The van der Waals surface area contributed by atoms with Crippen molar-refractivity contribution in [3.63, 3.8) is 0 Å². The number of rotatable bonds is 2. The molecule has 0 aromatic heterocycles. The van der Waals surface area contributed by atoms with Gasteiger partial charge >= 0.3 is 6.03 Å². The summed E-state index contributed by atoms with van der Waals surface area (Å²) in [6, 6.07) is 23.0. The number of amides is 2. The fourth-order valence-electron chi connectivity index (χ4n) is 3.59. The summed E-state index contributed by atoms with van der Waals surface area (Å²) in [4.78, 5) is 18.9. The van der Waals surface area contributed by atoms with E-state index < -0.39 is 11.8 Å². The molecule has 0 aliphatic carbocycles. The van der Waals surface area contributed by atoms with Gasteiger partial charge < -0.3 is 5.11 Å². The van der Waals surface area contributed by atoms with Crippen LogP contribution < -0.4 is 10.3 Å². The van der Waals surface area contributed by atoms with E-state index in [1.54, 1.807) is 30.3 Å². The third kappa shape index (κ3) is 2.32. The second-order valence-electron chi connectivity index (χ2n) is 6.53. The number of aliphatic hydroxyl groups is 1. The number of guanidine groups is 1. The normalized spacial score (nSPS) is 20.4. The molecule has 0 spiro atoms. The molecule has 138 valence electrons. The Morgan fingerprint density at radius 2 is 1.64 bits per heavy atom. The predicted octanol–water partition coefficient (Wildman–Crippen LogP) is 3.98. The van der Waals surface area contributed by atoms with Crippen LogP contribution in [0, 0.1) is 0 Å². The average Bonchev–Trinajstić information content (AvgIpc) is 3.06. The molecule has 1 saturated heterocycles. The lowest BCUT2D eigenvalue weighted by Crippen LogP contribution is -2.55. The SMILES string of the molecule is O=C1NN2C(=Nc3ccc(Cl)cc3C2(O)c2ccccc2)N1c1ccccc1. The van der Waals surface area contributed by atoms with Crippen LogP contribution in [0.3, 0.4) is 0 Å². The van der Waals surface area contributed by atoms with Gasteiger partial charge in [-0.15, -0.1) is 0 Å². The molecule has 3 aromatic carbocycles. The number of carbonyl (C=O) groups is 1. The first-order valence-electron chi connectivity index (χ1n) is 8.71. The Morgan fingerprint density at radius 3 is 2.36 bits per heavy atom. The number of nitrogens with zero attached hydrogens (tertiary/aromatic N) is 3. The molecule has 1 atom stereocenters. The summed E-state index contributed by atoms with van der Waals surface area (Å²) >= 11 is 6.21. The van der Waals surface area contributed by atoms with Crippen LogP contribution in [0.2, 0.25) is 5.02 Å². The van der Waals surface area contributed by atoms with Gasteiger partial charge in [0.25, 0.3) is 0 Å². The van der Waals surface area contributed by atoms with Gasteiger partial charge in [0.1, 0.15) is 0 Å². The zero-order valence-electron chi connectivity index (χ0n) is 14.6. The standard InChI is InChI=1S/C21H15ClN4O2/c22-15-11-12-18-17(13-15)21(28,14-7-3-1-4-8-14)26-19(23-18)25(20(27)24-26)16-9-5-2-6-10-16/h1-13,28H,(H,24,27). The van der Waals surface area contributed by atoms with Gasteiger partial charge in [0.2, 0.25) is 11.7 Å². The topological polar surface area (TPSA) is 68.2 Å². The van der Waals surface area contributed by atoms with Crippen molar-refractivity contribution in [2.45, 2.75) is 5.72 Å². The Kier molecular flexibility index (Phi) is 3.65. The van der Waals surface area contributed by atoms with E-state index in [9.17, 15) is 9.90 Å². The predicted molar refractivity (Wildman–Crippen MR) is 107 cm³/mol. The van der Waals surface area contributed by atoms with Gasteiger partial charge in [-0.2, -0.15) is 0 Å². The molecule has 2 amide bonds. The van der Waals surface area contributed by atoms with Crippen molar-refractivity contribution in [1.29, 1.82) is 0 Å². The lowest BCUT2D eigenvalue weighted by Gasteiger charge is -2.41. The maximum atomic E-state index is 12.8. The smallest absolute Gasteiger partial charge is 0.347 e. The monoisotopic (exact) mass is 390 g/mol. The summed E-state index contributed by atoms with van der Waals surface area (Å²) in [7, 11) is 0. The molecule has 2 aliphatic heterocycles.